The molecule has 0 saturated carbocycles. The van der Waals surface area contributed by atoms with Crippen LogP contribution in [0.25, 0.3) is 70.9 Å². The minimum absolute atomic E-state index is 1.11. The van der Waals surface area contributed by atoms with E-state index in [1.165, 1.54) is 70.9 Å². The Morgan fingerprint density at radius 3 is 1.40 bits per heavy atom. The van der Waals surface area contributed by atoms with Gasteiger partial charge in [0, 0.05) is 38.6 Å². The van der Waals surface area contributed by atoms with Crippen LogP contribution in [0.5, 0.6) is 0 Å². The maximum Gasteiger partial charge on any atom is 0.0618 e. The topological polar surface area (TPSA) is 8.17 Å². The number of anilines is 3. The van der Waals surface area contributed by atoms with Gasteiger partial charge in [0.2, 0.25) is 0 Å². The summed E-state index contributed by atoms with van der Waals surface area (Å²) in [4.78, 5) is 2.44. The zero-order valence-corrected chi connectivity index (χ0v) is 27.4. The second-order valence-corrected chi connectivity index (χ2v) is 12.9. The minimum Gasteiger partial charge on any atom is -0.309 e. The van der Waals surface area contributed by atoms with Crippen LogP contribution in [0.4, 0.5) is 17.1 Å². The lowest BCUT2D eigenvalue weighted by atomic mass is 9.88. The zero-order chi connectivity index (χ0) is 33.0. The second kappa shape index (κ2) is 11.5. The van der Waals surface area contributed by atoms with Crippen molar-refractivity contribution in [1.29, 1.82) is 0 Å². The maximum atomic E-state index is 2.44. The van der Waals surface area contributed by atoms with Gasteiger partial charge < -0.3 is 9.47 Å². The van der Waals surface area contributed by atoms with Gasteiger partial charge in [-0.3, -0.25) is 0 Å². The Balaban J connectivity index is 1.24. The van der Waals surface area contributed by atoms with Gasteiger partial charge in [-0.05, 0) is 81.2 Å². The van der Waals surface area contributed by atoms with Crippen molar-refractivity contribution < 1.29 is 0 Å². The van der Waals surface area contributed by atoms with Gasteiger partial charge in [0.05, 0.1) is 16.7 Å². The Morgan fingerprint density at radius 2 is 0.780 bits per heavy atom. The summed E-state index contributed by atoms with van der Waals surface area (Å²) in [6.07, 6.45) is 0. The van der Waals surface area contributed by atoms with E-state index >= 15 is 0 Å². The predicted octanol–water partition coefficient (Wildman–Crippen LogP) is 13.4. The number of hydrogen-bond acceptors (Lipinski definition) is 1. The third-order valence-electron chi connectivity index (χ3n) is 10.1. The van der Waals surface area contributed by atoms with Crippen molar-refractivity contribution in [2.45, 2.75) is 0 Å². The van der Waals surface area contributed by atoms with Crippen molar-refractivity contribution in [3.8, 4) is 16.8 Å². The molecule has 0 aliphatic rings. The summed E-state index contributed by atoms with van der Waals surface area (Å²) in [7, 11) is 0. The summed E-state index contributed by atoms with van der Waals surface area (Å²) in [6.45, 7) is 0. The highest BCUT2D eigenvalue weighted by molar-refractivity contribution is 6.24. The van der Waals surface area contributed by atoms with Crippen molar-refractivity contribution in [2.24, 2.45) is 0 Å². The SMILES string of the molecule is c1ccc(N(c2ccc(-n3c4ccccc4c4ccccc43)cc2)c2c3ccccc3c(-c3cccc4ccccc34)c3ccccc23)cc1. The maximum absolute atomic E-state index is 2.44. The smallest absolute Gasteiger partial charge is 0.0618 e. The van der Waals surface area contributed by atoms with Gasteiger partial charge in [0.1, 0.15) is 0 Å². The van der Waals surface area contributed by atoms with E-state index in [0.29, 0.717) is 0 Å². The number of benzene rings is 9. The van der Waals surface area contributed by atoms with Gasteiger partial charge in [-0.2, -0.15) is 0 Å². The van der Waals surface area contributed by atoms with Crippen molar-refractivity contribution >= 4 is 71.2 Å². The largest absolute Gasteiger partial charge is 0.309 e. The first-order valence-corrected chi connectivity index (χ1v) is 17.2. The quantitative estimate of drug-likeness (QED) is 0.171. The van der Waals surface area contributed by atoms with E-state index in [1.54, 1.807) is 0 Å². The molecule has 0 amide bonds. The Kier molecular flexibility index (Phi) is 6.53. The predicted molar refractivity (Wildman–Crippen MR) is 213 cm³/mol. The number of aromatic nitrogens is 1. The fraction of sp³-hybridized carbons (Fsp3) is 0. The molecule has 0 atom stereocenters. The third-order valence-corrected chi connectivity index (χ3v) is 10.1. The van der Waals surface area contributed by atoms with Crippen molar-refractivity contribution in [3.63, 3.8) is 0 Å². The lowest BCUT2D eigenvalue weighted by molar-refractivity contribution is 1.17. The van der Waals surface area contributed by atoms with Gasteiger partial charge in [-0.25, -0.2) is 0 Å². The van der Waals surface area contributed by atoms with Crippen molar-refractivity contribution in [2.75, 3.05) is 4.90 Å². The molecule has 0 spiro atoms. The van der Waals surface area contributed by atoms with Gasteiger partial charge >= 0.3 is 0 Å². The number of para-hydroxylation sites is 3. The fourth-order valence-electron chi connectivity index (χ4n) is 8.02. The number of nitrogens with zero attached hydrogens (tertiary/aromatic N) is 2. The molecule has 2 nitrogen and oxygen atoms in total. The van der Waals surface area contributed by atoms with Crippen LogP contribution in [0.15, 0.2) is 194 Å². The molecule has 0 aliphatic heterocycles. The molecule has 0 radical (unpaired) electrons. The first kappa shape index (κ1) is 28.4. The summed E-state index contributed by atoms with van der Waals surface area (Å²) in [5.41, 5.74) is 9.48. The van der Waals surface area contributed by atoms with E-state index in [9.17, 15) is 0 Å². The van der Waals surface area contributed by atoms with E-state index < -0.39 is 0 Å². The zero-order valence-electron chi connectivity index (χ0n) is 27.4. The van der Waals surface area contributed by atoms with Gasteiger partial charge in [0.15, 0.2) is 0 Å². The van der Waals surface area contributed by atoms with Crippen LogP contribution in [0.3, 0.4) is 0 Å². The molecule has 1 heterocycles. The Bertz CT molecular complexity index is 2750. The molecule has 0 bridgehead atoms. The number of hydrogen-bond donors (Lipinski definition) is 0. The average Bonchev–Trinajstić information content (AvgIpc) is 3.53. The molecule has 9 aromatic carbocycles. The second-order valence-electron chi connectivity index (χ2n) is 12.9. The van der Waals surface area contributed by atoms with Crippen LogP contribution in [0, 0.1) is 0 Å². The summed E-state index contributed by atoms with van der Waals surface area (Å²) in [5, 5.41) is 9.94. The summed E-state index contributed by atoms with van der Waals surface area (Å²) < 4.78 is 2.38. The molecule has 10 aromatic rings. The van der Waals surface area contributed by atoms with Crippen LogP contribution >= 0.6 is 0 Å². The lowest BCUT2D eigenvalue weighted by Crippen LogP contribution is -2.11. The van der Waals surface area contributed by atoms with Gasteiger partial charge in [-0.15, -0.1) is 0 Å². The molecule has 50 heavy (non-hydrogen) atoms. The summed E-state index contributed by atoms with van der Waals surface area (Å²) in [6, 6.07) is 70.4. The van der Waals surface area contributed by atoms with Crippen LogP contribution < -0.4 is 4.90 Å². The molecular weight excluding hydrogens is 605 g/mol. The lowest BCUT2D eigenvalue weighted by Gasteiger charge is -2.30. The first-order chi connectivity index (χ1) is 24.8. The van der Waals surface area contributed by atoms with Crippen LogP contribution in [0.1, 0.15) is 0 Å². The molecule has 0 aliphatic carbocycles. The molecule has 234 valence electrons. The number of fused-ring (bicyclic) bond motifs is 6. The minimum atomic E-state index is 1.11. The molecule has 0 fully saturated rings. The van der Waals surface area contributed by atoms with Crippen LogP contribution in [-0.4, -0.2) is 4.57 Å². The van der Waals surface area contributed by atoms with Crippen molar-refractivity contribution in [1.82, 2.24) is 4.57 Å². The van der Waals surface area contributed by atoms with E-state index in [4.69, 9.17) is 0 Å². The molecule has 0 N–H and O–H groups in total. The summed E-state index contributed by atoms with van der Waals surface area (Å²) in [5.74, 6) is 0. The number of rotatable bonds is 5. The van der Waals surface area contributed by atoms with Crippen molar-refractivity contribution in [3.05, 3.63) is 194 Å². The third kappa shape index (κ3) is 4.36. The molecule has 0 unspecified atom stereocenters. The standard InChI is InChI=1S/C48H32N2/c1-2-17-34(18-3-1)49(35-29-31-36(32-30-35)50-45-27-12-10-20-38(45)39-21-11-13-28-46(39)50)48-43-24-8-6-22-41(43)47(42-23-7-9-25-44(42)48)40-26-14-16-33-15-4-5-19-37(33)40/h1-32H. The highest BCUT2D eigenvalue weighted by Gasteiger charge is 2.23. The monoisotopic (exact) mass is 636 g/mol. The molecular formula is C48H32N2. The Labute approximate surface area is 290 Å². The highest BCUT2D eigenvalue weighted by Crippen LogP contribution is 2.49. The Morgan fingerprint density at radius 1 is 0.320 bits per heavy atom. The van der Waals surface area contributed by atoms with E-state index in [-0.39, 0.29) is 0 Å². The Hall–Kier alpha value is -6.64. The summed E-state index contributed by atoms with van der Waals surface area (Å²) >= 11 is 0. The average molecular weight is 637 g/mol. The molecule has 10 rings (SSSR count). The van der Waals surface area contributed by atoms with Gasteiger partial charge in [-0.1, -0.05) is 146 Å². The van der Waals surface area contributed by atoms with Crippen LogP contribution in [0.2, 0.25) is 0 Å². The fourth-order valence-corrected chi connectivity index (χ4v) is 8.02. The molecule has 2 heteroatoms. The molecule has 0 saturated heterocycles. The molecule has 1 aromatic heterocycles. The highest BCUT2D eigenvalue weighted by atomic mass is 15.1. The van der Waals surface area contributed by atoms with E-state index in [2.05, 4.69) is 204 Å². The van der Waals surface area contributed by atoms with Gasteiger partial charge in [0.25, 0.3) is 0 Å². The first-order valence-electron chi connectivity index (χ1n) is 17.2. The van der Waals surface area contributed by atoms with E-state index in [0.717, 1.165) is 17.1 Å². The van der Waals surface area contributed by atoms with E-state index in [1.807, 2.05) is 0 Å². The van der Waals surface area contributed by atoms with Crippen LogP contribution in [-0.2, 0) is 0 Å². The normalized spacial score (nSPS) is 11.6.